The van der Waals surface area contributed by atoms with Gasteiger partial charge in [0.05, 0.1) is 6.61 Å². The van der Waals surface area contributed by atoms with Crippen LogP contribution in [0, 0.1) is 23.2 Å². The Morgan fingerprint density at radius 2 is 1.84 bits per heavy atom. The molecule has 1 fully saturated rings. The van der Waals surface area contributed by atoms with Crippen molar-refractivity contribution in [2.75, 3.05) is 13.2 Å². The Morgan fingerprint density at radius 1 is 1.12 bits per heavy atom. The third-order valence-corrected chi connectivity index (χ3v) is 7.88. The monoisotopic (exact) mass is 444 g/mol. The van der Waals surface area contributed by atoms with Crippen LogP contribution in [-0.2, 0) is 0 Å². The van der Waals surface area contributed by atoms with E-state index in [9.17, 15) is 10.2 Å². The molecular weight excluding hydrogens is 392 g/mol. The molecule has 2 N–H and O–H groups in total. The van der Waals surface area contributed by atoms with Gasteiger partial charge in [-0.1, -0.05) is 61.8 Å². The average Bonchev–Trinajstić information content (AvgIpc) is 2.74. The van der Waals surface area contributed by atoms with Crippen molar-refractivity contribution in [1.82, 2.24) is 0 Å². The molecule has 0 bridgehead atoms. The fourth-order valence-corrected chi connectivity index (χ4v) is 5.38. The lowest BCUT2D eigenvalue weighted by Gasteiger charge is -2.49. The lowest BCUT2D eigenvalue weighted by molar-refractivity contribution is 0.0674. The van der Waals surface area contributed by atoms with Crippen LogP contribution in [0.4, 0.5) is 0 Å². The predicted octanol–water partition coefficient (Wildman–Crippen LogP) is 8.18. The zero-order chi connectivity index (χ0) is 24.1. The van der Waals surface area contributed by atoms with Crippen LogP contribution in [0.15, 0.2) is 46.6 Å². The Bertz CT molecular complexity index is 662. The highest BCUT2D eigenvalue weighted by molar-refractivity contribution is 5.22. The molecule has 0 heterocycles. The number of hydrogen-bond acceptors (Lipinski definition) is 2. The lowest BCUT2D eigenvalue weighted by atomic mass is 9.56. The molecule has 184 valence electrons. The second kappa shape index (κ2) is 14.9. The molecule has 1 aliphatic carbocycles. The number of aliphatic hydroxyl groups is 2. The first-order valence-electron chi connectivity index (χ1n) is 13.0. The van der Waals surface area contributed by atoms with Crippen LogP contribution in [-0.4, -0.2) is 23.4 Å². The summed E-state index contributed by atoms with van der Waals surface area (Å²) in [5.41, 5.74) is 5.72. The summed E-state index contributed by atoms with van der Waals surface area (Å²) in [6, 6.07) is 0. The van der Waals surface area contributed by atoms with Crippen molar-refractivity contribution in [3.63, 3.8) is 0 Å². The molecule has 0 saturated heterocycles. The van der Waals surface area contributed by atoms with Gasteiger partial charge in [-0.15, -0.1) is 0 Å². The number of rotatable bonds is 13. The van der Waals surface area contributed by atoms with Crippen LogP contribution in [0.1, 0.15) is 106 Å². The SMILES string of the molecule is CC(C)=CCCC(C)C=CCC(C)=CCCC1(C)C(C)CCC(=C(C)CO)C1CCCO. The average molecular weight is 445 g/mol. The maximum Gasteiger partial charge on any atom is 0.0641 e. The van der Waals surface area contributed by atoms with Crippen LogP contribution in [0.5, 0.6) is 0 Å². The highest BCUT2D eigenvalue weighted by atomic mass is 16.3. The van der Waals surface area contributed by atoms with Gasteiger partial charge in [0.2, 0.25) is 0 Å². The second-order valence-corrected chi connectivity index (χ2v) is 10.9. The maximum atomic E-state index is 9.78. The van der Waals surface area contributed by atoms with Crippen molar-refractivity contribution in [3.8, 4) is 0 Å². The molecule has 2 heteroatoms. The van der Waals surface area contributed by atoms with E-state index in [4.69, 9.17) is 0 Å². The van der Waals surface area contributed by atoms with Gasteiger partial charge < -0.3 is 10.2 Å². The summed E-state index contributed by atoms with van der Waals surface area (Å²) < 4.78 is 0. The van der Waals surface area contributed by atoms with Gasteiger partial charge in [-0.2, -0.15) is 0 Å². The topological polar surface area (TPSA) is 40.5 Å². The summed E-state index contributed by atoms with van der Waals surface area (Å²) in [7, 11) is 0. The van der Waals surface area contributed by atoms with Gasteiger partial charge >= 0.3 is 0 Å². The molecule has 0 radical (unpaired) electrons. The van der Waals surface area contributed by atoms with Crippen molar-refractivity contribution in [1.29, 1.82) is 0 Å². The Kier molecular flexibility index (Phi) is 13.5. The third kappa shape index (κ3) is 9.40. The molecule has 1 saturated carbocycles. The van der Waals surface area contributed by atoms with Gasteiger partial charge in [0.1, 0.15) is 0 Å². The summed E-state index contributed by atoms with van der Waals surface area (Å²) >= 11 is 0. The second-order valence-electron chi connectivity index (χ2n) is 10.9. The van der Waals surface area contributed by atoms with E-state index < -0.39 is 0 Å². The van der Waals surface area contributed by atoms with E-state index in [1.165, 1.54) is 42.4 Å². The van der Waals surface area contributed by atoms with E-state index in [2.05, 4.69) is 72.8 Å². The van der Waals surface area contributed by atoms with E-state index in [1.807, 2.05) is 0 Å². The number of hydrogen-bond donors (Lipinski definition) is 2. The van der Waals surface area contributed by atoms with E-state index in [-0.39, 0.29) is 18.6 Å². The van der Waals surface area contributed by atoms with Crippen molar-refractivity contribution in [2.45, 2.75) is 106 Å². The van der Waals surface area contributed by atoms with E-state index in [0.717, 1.165) is 37.7 Å². The Morgan fingerprint density at radius 3 is 2.47 bits per heavy atom. The molecule has 4 atom stereocenters. The first-order valence-corrected chi connectivity index (χ1v) is 13.0. The van der Waals surface area contributed by atoms with Gasteiger partial charge in [-0.25, -0.2) is 0 Å². The quantitative estimate of drug-likeness (QED) is 0.281. The largest absolute Gasteiger partial charge is 0.396 e. The minimum Gasteiger partial charge on any atom is -0.396 e. The molecule has 2 nitrogen and oxygen atoms in total. The Balaban J connectivity index is 2.73. The summed E-state index contributed by atoms with van der Waals surface area (Å²) in [6.07, 6.45) is 19.4. The van der Waals surface area contributed by atoms with Crippen LogP contribution >= 0.6 is 0 Å². The normalized spacial score (nSPS) is 27.0. The fourth-order valence-electron chi connectivity index (χ4n) is 5.38. The smallest absolute Gasteiger partial charge is 0.0641 e. The molecule has 0 aromatic rings. The lowest BCUT2D eigenvalue weighted by Crippen LogP contribution is -2.39. The van der Waals surface area contributed by atoms with Crippen molar-refractivity contribution in [2.24, 2.45) is 23.2 Å². The molecule has 0 aromatic carbocycles. The van der Waals surface area contributed by atoms with E-state index in [0.29, 0.717) is 17.8 Å². The molecule has 0 amide bonds. The van der Waals surface area contributed by atoms with Gasteiger partial charge in [-0.3, -0.25) is 0 Å². The first-order chi connectivity index (χ1) is 15.2. The minimum absolute atomic E-state index is 0.160. The van der Waals surface area contributed by atoms with Gasteiger partial charge in [-0.05, 0) is 114 Å². The van der Waals surface area contributed by atoms with E-state index >= 15 is 0 Å². The highest BCUT2D eigenvalue weighted by Crippen LogP contribution is 2.53. The van der Waals surface area contributed by atoms with E-state index in [1.54, 1.807) is 0 Å². The zero-order valence-electron chi connectivity index (χ0n) is 22.2. The standard InChI is InChI=1S/C30H52O2/c1-23(2)12-8-13-24(3)14-9-15-25(4)16-10-20-30(7)27(6)18-19-28(26(5)22-32)29(30)17-11-21-31/h9,12,14,16,24,27,29,31-32H,8,10-11,13,15,17-22H2,1-7H3. The molecule has 0 spiro atoms. The van der Waals surface area contributed by atoms with Crippen molar-refractivity contribution < 1.29 is 10.2 Å². The first kappa shape index (κ1) is 28.9. The molecule has 1 aliphatic rings. The molecule has 0 aliphatic heterocycles. The minimum atomic E-state index is 0.160. The van der Waals surface area contributed by atoms with Crippen LogP contribution < -0.4 is 0 Å². The van der Waals surface area contributed by atoms with Crippen molar-refractivity contribution >= 4 is 0 Å². The summed E-state index contributed by atoms with van der Waals surface area (Å²) in [5, 5.41) is 19.3. The van der Waals surface area contributed by atoms with Crippen LogP contribution in [0.3, 0.4) is 0 Å². The number of aliphatic hydroxyl groups excluding tert-OH is 2. The van der Waals surface area contributed by atoms with Crippen LogP contribution in [0.25, 0.3) is 0 Å². The van der Waals surface area contributed by atoms with Gasteiger partial charge in [0.15, 0.2) is 0 Å². The predicted molar refractivity (Wildman–Crippen MR) is 141 cm³/mol. The number of allylic oxidation sites excluding steroid dienone is 7. The zero-order valence-corrected chi connectivity index (χ0v) is 22.2. The fraction of sp³-hybridized carbons (Fsp3) is 0.733. The van der Waals surface area contributed by atoms with Gasteiger partial charge in [0, 0.05) is 6.61 Å². The molecule has 32 heavy (non-hydrogen) atoms. The van der Waals surface area contributed by atoms with Crippen molar-refractivity contribution in [3.05, 3.63) is 46.6 Å². The summed E-state index contributed by atoms with van der Waals surface area (Å²) in [6.45, 7) is 16.3. The Labute approximate surface area is 199 Å². The van der Waals surface area contributed by atoms with Crippen LogP contribution in [0.2, 0.25) is 0 Å². The molecule has 0 aromatic heterocycles. The Hall–Kier alpha value is -1.12. The third-order valence-electron chi connectivity index (χ3n) is 7.88. The molecule has 4 unspecified atom stereocenters. The summed E-state index contributed by atoms with van der Waals surface area (Å²) in [4.78, 5) is 0. The highest BCUT2D eigenvalue weighted by Gasteiger charge is 2.43. The van der Waals surface area contributed by atoms with Gasteiger partial charge in [0.25, 0.3) is 0 Å². The molecule has 1 rings (SSSR count). The maximum absolute atomic E-state index is 9.78. The molecular formula is C30H52O2. The summed E-state index contributed by atoms with van der Waals surface area (Å²) in [5.74, 6) is 1.77.